The molecule has 1 nitrogen and oxygen atoms in total. The number of ether oxygens (including phenoxy) is 1. The van der Waals surface area contributed by atoms with Gasteiger partial charge in [0, 0.05) is 0 Å². The van der Waals surface area contributed by atoms with Gasteiger partial charge >= 0.3 is 0 Å². The van der Waals surface area contributed by atoms with Crippen molar-refractivity contribution >= 4 is 0 Å². The summed E-state index contributed by atoms with van der Waals surface area (Å²) in [5.74, 6) is 0. The molecule has 1 aliphatic heterocycles. The van der Waals surface area contributed by atoms with Gasteiger partial charge in [-0.2, -0.15) is 0 Å². The van der Waals surface area contributed by atoms with Crippen LogP contribution >= 0.6 is 0 Å². The summed E-state index contributed by atoms with van der Waals surface area (Å²) in [4.78, 5) is 0. The second-order valence-electron chi connectivity index (χ2n) is 8.22. The Morgan fingerprint density at radius 2 is 1.35 bits per heavy atom. The molecule has 26 heavy (non-hydrogen) atoms. The third-order valence-electron chi connectivity index (χ3n) is 5.13. The van der Waals surface area contributed by atoms with Crippen LogP contribution in [-0.2, 0) is 4.74 Å². The summed E-state index contributed by atoms with van der Waals surface area (Å²) < 4.78 is 5.65. The van der Waals surface area contributed by atoms with Crippen LogP contribution in [0.1, 0.15) is 86.0 Å². The van der Waals surface area contributed by atoms with Crippen LogP contribution in [0, 0.1) is 0 Å². The Labute approximate surface area is 162 Å². The van der Waals surface area contributed by atoms with Gasteiger partial charge in [-0.25, -0.2) is 0 Å². The van der Waals surface area contributed by atoms with Crippen molar-refractivity contribution in [2.75, 3.05) is 0 Å². The Morgan fingerprint density at radius 1 is 0.846 bits per heavy atom. The molecule has 0 spiro atoms. The predicted octanol–water partition coefficient (Wildman–Crippen LogP) is 7.87. The van der Waals surface area contributed by atoms with E-state index in [-0.39, 0.29) is 5.60 Å². The minimum absolute atomic E-state index is 0.134. The fourth-order valence-electron chi connectivity index (χ4n) is 3.11. The van der Waals surface area contributed by atoms with Crippen molar-refractivity contribution in [2.45, 2.75) is 97.7 Å². The maximum absolute atomic E-state index is 5.65. The van der Waals surface area contributed by atoms with E-state index < -0.39 is 0 Å². The van der Waals surface area contributed by atoms with Gasteiger partial charge in [-0.1, -0.05) is 59.8 Å². The first-order valence-corrected chi connectivity index (χ1v) is 10.3. The summed E-state index contributed by atoms with van der Waals surface area (Å²) in [5.41, 5.74) is 4.65. The zero-order valence-electron chi connectivity index (χ0n) is 17.8. The molecule has 0 aromatic rings. The minimum Gasteiger partial charge on any atom is -0.367 e. The van der Waals surface area contributed by atoms with E-state index in [1.165, 1.54) is 36.0 Å². The summed E-state index contributed by atoms with van der Waals surface area (Å²) in [6, 6.07) is 0. The van der Waals surface area contributed by atoms with E-state index in [9.17, 15) is 0 Å². The number of allylic oxidation sites excluding steroid dienone is 9. The van der Waals surface area contributed by atoms with Crippen molar-refractivity contribution in [3.63, 3.8) is 0 Å². The van der Waals surface area contributed by atoms with Crippen molar-refractivity contribution in [1.82, 2.24) is 0 Å². The Balaban J connectivity index is 2.13. The number of unbranched alkanes of at least 4 members (excludes halogenated alkanes) is 1. The third-order valence-corrected chi connectivity index (χ3v) is 5.13. The molecule has 0 amide bonds. The lowest BCUT2D eigenvalue weighted by molar-refractivity contribution is 0.320. The molecule has 1 heteroatoms. The fourth-order valence-corrected chi connectivity index (χ4v) is 3.11. The normalized spacial score (nSPS) is 20.7. The summed E-state index contributed by atoms with van der Waals surface area (Å²) in [6.45, 7) is 14.8. The molecule has 146 valence electrons. The first-order valence-electron chi connectivity index (χ1n) is 10.3. The molecule has 0 saturated carbocycles. The SMILES string of the molecule is C=C/C=C\CC/C(C)=C/CC/C=C(\C)CC/C=C(\C)CCC1OC1(C)C. The molecule has 0 radical (unpaired) electrons. The molecular formula is C25H40O. The van der Waals surface area contributed by atoms with Crippen molar-refractivity contribution < 1.29 is 4.74 Å². The van der Waals surface area contributed by atoms with Crippen LogP contribution in [-0.4, -0.2) is 11.7 Å². The Kier molecular flexibility index (Phi) is 10.6. The van der Waals surface area contributed by atoms with Crippen molar-refractivity contribution in [1.29, 1.82) is 0 Å². The highest BCUT2D eigenvalue weighted by Gasteiger charge is 2.46. The van der Waals surface area contributed by atoms with E-state index in [0.717, 1.165) is 32.1 Å². The van der Waals surface area contributed by atoms with Gasteiger partial charge in [0.1, 0.15) is 0 Å². The molecule has 0 aromatic carbocycles. The lowest BCUT2D eigenvalue weighted by atomic mass is 10.0. The second kappa shape index (κ2) is 12.1. The molecule has 0 aliphatic carbocycles. The smallest absolute Gasteiger partial charge is 0.0892 e. The third kappa shape index (κ3) is 10.6. The van der Waals surface area contributed by atoms with Gasteiger partial charge in [0.05, 0.1) is 11.7 Å². The van der Waals surface area contributed by atoms with Gasteiger partial charge in [0.2, 0.25) is 0 Å². The summed E-state index contributed by atoms with van der Waals surface area (Å²) in [6.07, 6.45) is 23.0. The average Bonchev–Trinajstić information content (AvgIpc) is 3.20. The predicted molar refractivity (Wildman–Crippen MR) is 116 cm³/mol. The van der Waals surface area contributed by atoms with E-state index >= 15 is 0 Å². The second-order valence-corrected chi connectivity index (χ2v) is 8.22. The Bertz CT molecular complexity index is 543. The van der Waals surface area contributed by atoms with Crippen LogP contribution in [0.5, 0.6) is 0 Å². The molecule has 0 aromatic heterocycles. The van der Waals surface area contributed by atoms with Gasteiger partial charge in [0.15, 0.2) is 0 Å². The van der Waals surface area contributed by atoms with Crippen LogP contribution in [0.4, 0.5) is 0 Å². The zero-order valence-corrected chi connectivity index (χ0v) is 17.8. The molecule has 1 rings (SSSR count). The van der Waals surface area contributed by atoms with Gasteiger partial charge in [-0.05, 0) is 86.0 Å². The minimum atomic E-state index is 0.134. The van der Waals surface area contributed by atoms with Gasteiger partial charge < -0.3 is 4.74 Å². The summed E-state index contributed by atoms with van der Waals surface area (Å²) in [7, 11) is 0. The van der Waals surface area contributed by atoms with Gasteiger partial charge in [-0.3, -0.25) is 0 Å². The maximum Gasteiger partial charge on any atom is 0.0892 e. The molecule has 1 fully saturated rings. The molecule has 1 heterocycles. The summed E-state index contributed by atoms with van der Waals surface area (Å²) in [5, 5.41) is 0. The quantitative estimate of drug-likeness (QED) is 0.141. The largest absolute Gasteiger partial charge is 0.367 e. The average molecular weight is 357 g/mol. The highest BCUT2D eigenvalue weighted by Crippen LogP contribution is 2.38. The maximum atomic E-state index is 5.65. The van der Waals surface area contributed by atoms with Crippen molar-refractivity contribution in [2.24, 2.45) is 0 Å². The highest BCUT2D eigenvalue weighted by molar-refractivity contribution is 5.07. The molecule has 1 saturated heterocycles. The van der Waals surface area contributed by atoms with Crippen LogP contribution in [0.25, 0.3) is 0 Å². The van der Waals surface area contributed by atoms with E-state index in [1.807, 2.05) is 12.2 Å². The van der Waals surface area contributed by atoms with Crippen molar-refractivity contribution in [3.8, 4) is 0 Å². The Morgan fingerprint density at radius 3 is 1.88 bits per heavy atom. The van der Waals surface area contributed by atoms with E-state index in [4.69, 9.17) is 4.74 Å². The molecule has 1 unspecified atom stereocenters. The highest BCUT2D eigenvalue weighted by atomic mass is 16.6. The standard InChI is InChI=1S/C25H40O/c1-7-8-9-10-14-21(2)15-11-12-16-22(3)17-13-18-23(4)19-20-24-25(5,6)26-24/h7-9,15-16,18,24H,1,10-14,17,19-20H2,2-6H3/b9-8-,21-15+,22-16+,23-18+. The monoisotopic (exact) mass is 356 g/mol. The Hall–Kier alpha value is -1.34. The van der Waals surface area contributed by atoms with E-state index in [1.54, 1.807) is 0 Å². The first-order chi connectivity index (χ1) is 12.3. The molecule has 1 atom stereocenters. The lowest BCUT2D eigenvalue weighted by Gasteiger charge is -2.02. The van der Waals surface area contributed by atoms with Crippen LogP contribution in [0.2, 0.25) is 0 Å². The fraction of sp³-hybridized carbons (Fsp3) is 0.600. The first kappa shape index (κ1) is 22.7. The number of epoxide rings is 1. The van der Waals surface area contributed by atoms with Gasteiger partial charge in [0.25, 0.3) is 0 Å². The number of rotatable bonds is 13. The lowest BCUT2D eigenvalue weighted by Crippen LogP contribution is -2.02. The zero-order chi connectivity index (χ0) is 19.4. The molecule has 0 N–H and O–H groups in total. The topological polar surface area (TPSA) is 12.5 Å². The number of hydrogen-bond acceptors (Lipinski definition) is 1. The molecular weight excluding hydrogens is 316 g/mol. The number of hydrogen-bond donors (Lipinski definition) is 0. The van der Waals surface area contributed by atoms with Crippen molar-refractivity contribution in [3.05, 3.63) is 59.8 Å². The molecule has 0 bridgehead atoms. The van der Waals surface area contributed by atoms with Gasteiger partial charge in [-0.15, -0.1) is 0 Å². The van der Waals surface area contributed by atoms with Crippen LogP contribution in [0.3, 0.4) is 0 Å². The van der Waals surface area contributed by atoms with Crippen LogP contribution < -0.4 is 0 Å². The van der Waals surface area contributed by atoms with E-state index in [2.05, 4.69) is 65.5 Å². The van der Waals surface area contributed by atoms with Crippen LogP contribution in [0.15, 0.2) is 59.8 Å². The van der Waals surface area contributed by atoms with E-state index in [0.29, 0.717) is 6.10 Å². The summed E-state index contributed by atoms with van der Waals surface area (Å²) >= 11 is 0. The molecule has 1 aliphatic rings.